The summed E-state index contributed by atoms with van der Waals surface area (Å²) in [5.41, 5.74) is 0.330. The first-order valence-corrected chi connectivity index (χ1v) is 7.12. The maximum atomic E-state index is 13.3. The van der Waals surface area contributed by atoms with Gasteiger partial charge in [-0.25, -0.2) is 13.2 Å². The molecule has 1 N–H and O–H groups in total. The monoisotopic (exact) mass is 311 g/mol. The third-order valence-corrected chi connectivity index (χ3v) is 3.66. The number of nitrogens with one attached hydrogen (secondary N) is 1. The second-order valence-electron chi connectivity index (χ2n) is 4.27. The Morgan fingerprint density at radius 3 is 2.38 bits per heavy atom. The van der Waals surface area contributed by atoms with Crippen molar-refractivity contribution in [3.63, 3.8) is 0 Å². The topological polar surface area (TPSA) is 29.1 Å². The Balaban J connectivity index is 1.84. The molecule has 2 nitrogen and oxygen atoms in total. The first-order chi connectivity index (χ1) is 10.0. The molecule has 2 aromatic carbocycles. The molecule has 2 rings (SSSR count). The van der Waals surface area contributed by atoms with Gasteiger partial charge in [0, 0.05) is 17.5 Å². The highest BCUT2D eigenvalue weighted by atomic mass is 32.2. The number of halogens is 3. The molecule has 0 aliphatic heterocycles. The van der Waals surface area contributed by atoms with Gasteiger partial charge in [0.1, 0.15) is 17.5 Å². The number of benzene rings is 2. The number of hydrogen-bond donors (Lipinski definition) is 1. The van der Waals surface area contributed by atoms with Crippen LogP contribution in [0.5, 0.6) is 0 Å². The van der Waals surface area contributed by atoms with E-state index in [1.54, 1.807) is 18.2 Å². The van der Waals surface area contributed by atoms with Gasteiger partial charge in [0.05, 0.1) is 5.75 Å². The third kappa shape index (κ3) is 4.82. The van der Waals surface area contributed by atoms with E-state index in [2.05, 4.69) is 5.32 Å². The molecule has 1 amide bonds. The fourth-order valence-electron chi connectivity index (χ4n) is 1.67. The molecule has 0 spiro atoms. The minimum absolute atomic E-state index is 0.0192. The van der Waals surface area contributed by atoms with E-state index in [-0.39, 0.29) is 24.0 Å². The molecule has 0 atom stereocenters. The largest absolute Gasteiger partial charge is 0.351 e. The third-order valence-electron chi connectivity index (χ3n) is 2.61. The Hall–Kier alpha value is -1.95. The predicted molar refractivity (Wildman–Crippen MR) is 75.3 cm³/mol. The summed E-state index contributed by atoms with van der Waals surface area (Å²) < 4.78 is 39.3. The van der Waals surface area contributed by atoms with Crippen molar-refractivity contribution in [3.8, 4) is 0 Å². The zero-order chi connectivity index (χ0) is 15.2. The summed E-state index contributed by atoms with van der Waals surface area (Å²) in [5.74, 6) is -2.09. The minimum Gasteiger partial charge on any atom is -0.351 e. The molecule has 0 aliphatic rings. The van der Waals surface area contributed by atoms with E-state index in [0.29, 0.717) is 10.5 Å². The van der Waals surface area contributed by atoms with Crippen LogP contribution in [0.1, 0.15) is 5.56 Å². The average Bonchev–Trinajstić information content (AvgIpc) is 2.43. The lowest BCUT2D eigenvalue weighted by molar-refractivity contribution is -0.118. The van der Waals surface area contributed by atoms with Gasteiger partial charge in [-0.2, -0.15) is 0 Å². The van der Waals surface area contributed by atoms with Gasteiger partial charge in [-0.05, 0) is 29.8 Å². The maximum Gasteiger partial charge on any atom is 0.230 e. The van der Waals surface area contributed by atoms with Gasteiger partial charge in [-0.15, -0.1) is 11.8 Å². The van der Waals surface area contributed by atoms with E-state index >= 15 is 0 Å². The number of carbonyl (C=O) groups excluding carboxylic acids is 1. The van der Waals surface area contributed by atoms with E-state index in [1.165, 1.54) is 6.07 Å². The Morgan fingerprint density at radius 2 is 1.71 bits per heavy atom. The molecule has 0 saturated carbocycles. The van der Waals surface area contributed by atoms with Crippen LogP contribution in [0.15, 0.2) is 47.4 Å². The summed E-state index contributed by atoms with van der Waals surface area (Å²) in [6, 6.07) is 9.20. The molecule has 0 saturated heterocycles. The smallest absolute Gasteiger partial charge is 0.230 e. The van der Waals surface area contributed by atoms with Gasteiger partial charge >= 0.3 is 0 Å². The highest BCUT2D eigenvalue weighted by molar-refractivity contribution is 8.00. The average molecular weight is 311 g/mol. The fourth-order valence-corrected chi connectivity index (χ4v) is 2.44. The van der Waals surface area contributed by atoms with Crippen molar-refractivity contribution in [1.82, 2.24) is 5.32 Å². The van der Waals surface area contributed by atoms with E-state index < -0.39 is 11.6 Å². The molecular weight excluding hydrogens is 299 g/mol. The number of hydrogen-bond acceptors (Lipinski definition) is 2. The Kier molecular flexibility index (Phi) is 5.27. The second-order valence-corrected chi connectivity index (χ2v) is 5.29. The lowest BCUT2D eigenvalue weighted by atomic mass is 10.2. The van der Waals surface area contributed by atoms with Gasteiger partial charge in [0.2, 0.25) is 5.91 Å². The van der Waals surface area contributed by atoms with Crippen molar-refractivity contribution in [2.75, 3.05) is 5.75 Å². The fraction of sp³-hybridized carbons (Fsp3) is 0.133. The summed E-state index contributed by atoms with van der Waals surface area (Å²) in [7, 11) is 0. The lowest BCUT2D eigenvalue weighted by Gasteiger charge is -2.06. The summed E-state index contributed by atoms with van der Waals surface area (Å²) >= 11 is 1.06. The zero-order valence-corrected chi connectivity index (χ0v) is 11.7. The Labute approximate surface area is 124 Å². The van der Waals surface area contributed by atoms with Gasteiger partial charge < -0.3 is 5.32 Å². The highest BCUT2D eigenvalue weighted by Crippen LogP contribution is 2.20. The minimum atomic E-state index is -0.694. The first-order valence-electron chi connectivity index (χ1n) is 6.13. The molecule has 0 aliphatic carbocycles. The molecule has 0 unspecified atom stereocenters. The highest BCUT2D eigenvalue weighted by Gasteiger charge is 2.07. The van der Waals surface area contributed by atoms with Crippen LogP contribution in [0.25, 0.3) is 0 Å². The summed E-state index contributed by atoms with van der Waals surface area (Å²) in [4.78, 5) is 12.0. The van der Waals surface area contributed by atoms with Crippen molar-refractivity contribution in [1.29, 1.82) is 0 Å². The Bertz CT molecular complexity index is 628. The molecule has 110 valence electrons. The van der Waals surface area contributed by atoms with Crippen LogP contribution < -0.4 is 5.32 Å². The van der Waals surface area contributed by atoms with Crippen LogP contribution in [0.2, 0.25) is 0 Å². The first kappa shape index (κ1) is 15.4. The van der Waals surface area contributed by atoms with Crippen molar-refractivity contribution < 1.29 is 18.0 Å². The zero-order valence-electron chi connectivity index (χ0n) is 10.9. The summed E-state index contributed by atoms with van der Waals surface area (Å²) in [6.45, 7) is 0.0192. The predicted octanol–water partition coefficient (Wildman–Crippen LogP) is 3.51. The van der Waals surface area contributed by atoms with Gasteiger partial charge in [-0.1, -0.05) is 12.1 Å². The maximum absolute atomic E-state index is 13.3. The van der Waals surface area contributed by atoms with Crippen molar-refractivity contribution in [3.05, 3.63) is 65.5 Å². The van der Waals surface area contributed by atoms with Crippen LogP contribution in [0, 0.1) is 17.5 Å². The quantitative estimate of drug-likeness (QED) is 0.856. The van der Waals surface area contributed by atoms with E-state index in [4.69, 9.17) is 0 Å². The molecule has 0 radical (unpaired) electrons. The standard InChI is InChI=1S/C15H12F3NOS/c16-11-5-10(6-12(17)7-11)8-19-15(20)9-21-14-4-2-1-3-13(14)18/h1-7H,8-9H2,(H,19,20). The molecule has 21 heavy (non-hydrogen) atoms. The normalized spacial score (nSPS) is 10.4. The number of rotatable bonds is 5. The molecule has 2 aromatic rings. The molecule has 0 aromatic heterocycles. The number of carbonyl (C=O) groups is 1. The summed E-state index contributed by atoms with van der Waals surface area (Å²) in [5, 5.41) is 2.53. The van der Waals surface area contributed by atoms with Crippen LogP contribution in [0.4, 0.5) is 13.2 Å². The van der Waals surface area contributed by atoms with Gasteiger partial charge in [0.25, 0.3) is 0 Å². The Morgan fingerprint density at radius 1 is 1.05 bits per heavy atom. The van der Waals surface area contributed by atoms with Gasteiger partial charge in [0.15, 0.2) is 0 Å². The SMILES string of the molecule is O=C(CSc1ccccc1F)NCc1cc(F)cc(F)c1. The van der Waals surface area contributed by atoms with E-state index in [0.717, 1.165) is 30.0 Å². The second kappa shape index (κ2) is 7.17. The van der Waals surface area contributed by atoms with Crippen LogP contribution in [0.3, 0.4) is 0 Å². The molecule has 0 bridgehead atoms. The van der Waals surface area contributed by atoms with Gasteiger partial charge in [-0.3, -0.25) is 4.79 Å². The van der Waals surface area contributed by atoms with E-state index in [1.807, 2.05) is 0 Å². The summed E-state index contributed by atoms with van der Waals surface area (Å²) in [6.07, 6.45) is 0. The van der Waals surface area contributed by atoms with Crippen LogP contribution in [-0.2, 0) is 11.3 Å². The molecular formula is C15H12F3NOS. The van der Waals surface area contributed by atoms with Crippen LogP contribution >= 0.6 is 11.8 Å². The van der Waals surface area contributed by atoms with Crippen LogP contribution in [-0.4, -0.2) is 11.7 Å². The van der Waals surface area contributed by atoms with Crippen molar-refractivity contribution in [2.45, 2.75) is 11.4 Å². The molecule has 6 heteroatoms. The van der Waals surface area contributed by atoms with E-state index in [9.17, 15) is 18.0 Å². The molecule has 0 fully saturated rings. The van der Waals surface area contributed by atoms with Crippen molar-refractivity contribution in [2.24, 2.45) is 0 Å². The van der Waals surface area contributed by atoms with Crippen molar-refractivity contribution >= 4 is 17.7 Å². The molecule has 0 heterocycles. The lowest BCUT2D eigenvalue weighted by Crippen LogP contribution is -2.24. The number of thioether (sulfide) groups is 1. The number of amides is 1.